The molecule has 0 fully saturated rings. The SMILES string of the molecule is CC(=O)O.COc1cc([C@H](Nc2ccc(C(=N)N)cc2)c2nn(-c3cccnn3)c(=O)[nH]2)cc2c1OCOC2. The zero-order valence-corrected chi connectivity index (χ0v) is 21.0. The highest BCUT2D eigenvalue weighted by atomic mass is 16.7. The molecule has 0 radical (unpaired) electrons. The van der Waals surface area contributed by atoms with Gasteiger partial charge < -0.3 is 30.4 Å². The highest BCUT2D eigenvalue weighted by Gasteiger charge is 2.25. The lowest BCUT2D eigenvalue weighted by molar-refractivity contribution is -0.134. The second-order valence-corrected chi connectivity index (χ2v) is 8.22. The van der Waals surface area contributed by atoms with Crippen molar-refractivity contribution in [1.29, 1.82) is 5.41 Å². The summed E-state index contributed by atoms with van der Waals surface area (Å²) in [6.45, 7) is 1.58. The predicted octanol–water partition coefficient (Wildman–Crippen LogP) is 1.80. The molecule has 1 aliphatic rings. The number of nitrogens with one attached hydrogen (secondary N) is 3. The average Bonchev–Trinajstić information content (AvgIpc) is 3.32. The molecule has 0 aliphatic carbocycles. The van der Waals surface area contributed by atoms with Crippen LogP contribution >= 0.6 is 0 Å². The molecular formula is C25H26N8O6. The van der Waals surface area contributed by atoms with E-state index in [-0.39, 0.29) is 18.4 Å². The quantitative estimate of drug-likeness (QED) is 0.171. The molecule has 3 heterocycles. The molecule has 0 amide bonds. The summed E-state index contributed by atoms with van der Waals surface area (Å²) in [5.74, 6) is 0.922. The van der Waals surface area contributed by atoms with Gasteiger partial charge in [0.25, 0.3) is 5.97 Å². The fourth-order valence-corrected chi connectivity index (χ4v) is 3.78. The van der Waals surface area contributed by atoms with E-state index < -0.39 is 17.7 Å². The van der Waals surface area contributed by atoms with Gasteiger partial charge in [-0.3, -0.25) is 15.2 Å². The number of carboxylic acids is 1. The van der Waals surface area contributed by atoms with Gasteiger partial charge in [-0.2, -0.15) is 9.78 Å². The van der Waals surface area contributed by atoms with Crippen LogP contribution < -0.4 is 26.2 Å². The third-order valence-corrected chi connectivity index (χ3v) is 5.44. The van der Waals surface area contributed by atoms with E-state index in [1.807, 2.05) is 12.1 Å². The number of hydrogen-bond acceptors (Lipinski definition) is 10. The highest BCUT2D eigenvalue weighted by molar-refractivity contribution is 5.95. The Labute approximate surface area is 221 Å². The number of carboxylic acid groups (broad SMARTS) is 1. The maximum Gasteiger partial charge on any atom is 0.349 e. The first kappa shape index (κ1) is 26.8. The fraction of sp³-hybridized carbons (Fsp3) is 0.200. The number of aromatic amines is 1. The van der Waals surface area contributed by atoms with Crippen LogP contribution in [-0.2, 0) is 16.1 Å². The number of carbonyl (C=O) groups is 1. The van der Waals surface area contributed by atoms with Gasteiger partial charge in [0, 0.05) is 29.9 Å². The molecular weight excluding hydrogens is 508 g/mol. The smallest absolute Gasteiger partial charge is 0.349 e. The zero-order chi connectivity index (χ0) is 27.9. The highest BCUT2D eigenvalue weighted by Crippen LogP contribution is 2.38. The van der Waals surface area contributed by atoms with Crippen LogP contribution in [0.5, 0.6) is 11.5 Å². The van der Waals surface area contributed by atoms with Crippen molar-refractivity contribution in [3.05, 3.63) is 87.7 Å². The first-order chi connectivity index (χ1) is 18.8. The third kappa shape index (κ3) is 6.37. The Kier molecular flexibility index (Phi) is 8.16. The number of benzene rings is 2. The zero-order valence-electron chi connectivity index (χ0n) is 21.0. The molecule has 5 rings (SSSR count). The molecule has 0 saturated heterocycles. The number of aromatic nitrogens is 5. The fourth-order valence-electron chi connectivity index (χ4n) is 3.78. The van der Waals surface area contributed by atoms with E-state index in [4.69, 9.17) is 35.3 Å². The van der Waals surface area contributed by atoms with Crippen LogP contribution in [0, 0.1) is 5.41 Å². The topological polar surface area (TPSA) is 203 Å². The van der Waals surface area contributed by atoms with Crippen LogP contribution in [0.15, 0.2) is 59.5 Å². The van der Waals surface area contributed by atoms with Gasteiger partial charge in [-0.1, -0.05) is 0 Å². The summed E-state index contributed by atoms with van der Waals surface area (Å²) < 4.78 is 17.8. The first-order valence-corrected chi connectivity index (χ1v) is 11.6. The summed E-state index contributed by atoms with van der Waals surface area (Å²) in [4.78, 5) is 24.6. The van der Waals surface area contributed by atoms with Crippen LogP contribution in [0.3, 0.4) is 0 Å². The lowest BCUT2D eigenvalue weighted by Gasteiger charge is -2.24. The molecule has 2 aromatic heterocycles. The van der Waals surface area contributed by atoms with Crippen molar-refractivity contribution in [3.8, 4) is 17.3 Å². The van der Waals surface area contributed by atoms with Crippen molar-refractivity contribution in [3.63, 3.8) is 0 Å². The first-order valence-electron chi connectivity index (χ1n) is 11.6. The van der Waals surface area contributed by atoms with Crippen LogP contribution in [0.1, 0.15) is 35.5 Å². The molecule has 2 aromatic carbocycles. The number of aliphatic carboxylic acids is 1. The van der Waals surface area contributed by atoms with Gasteiger partial charge in [-0.25, -0.2) is 4.79 Å². The van der Waals surface area contributed by atoms with E-state index >= 15 is 0 Å². The Morgan fingerprint density at radius 2 is 2.03 bits per heavy atom. The molecule has 0 unspecified atom stereocenters. The van der Waals surface area contributed by atoms with Crippen molar-refractivity contribution in [2.45, 2.75) is 19.6 Å². The number of ether oxygens (including phenoxy) is 3. The van der Waals surface area contributed by atoms with Gasteiger partial charge in [-0.15, -0.1) is 10.2 Å². The maximum atomic E-state index is 12.8. The number of hydrogen-bond donors (Lipinski definition) is 5. The second-order valence-electron chi connectivity index (χ2n) is 8.22. The van der Waals surface area contributed by atoms with Gasteiger partial charge in [0.05, 0.1) is 13.7 Å². The van der Waals surface area contributed by atoms with Crippen LogP contribution in [0.25, 0.3) is 5.82 Å². The second kappa shape index (κ2) is 11.9. The minimum absolute atomic E-state index is 0.0282. The molecule has 202 valence electrons. The number of nitrogen functional groups attached to an aromatic ring is 1. The number of methoxy groups -OCH3 is 1. The molecule has 1 atom stereocenters. The van der Waals surface area contributed by atoms with Gasteiger partial charge in [0.15, 0.2) is 29.9 Å². The summed E-state index contributed by atoms with van der Waals surface area (Å²) in [6, 6.07) is 13.5. The normalized spacial score (nSPS) is 12.7. The summed E-state index contributed by atoms with van der Waals surface area (Å²) in [5.41, 5.74) is 7.99. The summed E-state index contributed by atoms with van der Waals surface area (Å²) in [5, 5.41) is 30.7. The number of amidine groups is 1. The molecule has 6 N–H and O–H groups in total. The lowest BCUT2D eigenvalue weighted by Crippen LogP contribution is -2.18. The largest absolute Gasteiger partial charge is 0.493 e. The molecule has 14 nitrogen and oxygen atoms in total. The molecule has 0 spiro atoms. The Balaban J connectivity index is 0.000000826. The van der Waals surface area contributed by atoms with Gasteiger partial charge in [-0.05, 0) is 54.1 Å². The van der Waals surface area contributed by atoms with E-state index in [0.717, 1.165) is 28.4 Å². The van der Waals surface area contributed by atoms with Crippen molar-refractivity contribution in [2.24, 2.45) is 5.73 Å². The van der Waals surface area contributed by atoms with Crippen LogP contribution in [-0.4, -0.2) is 55.8 Å². The molecule has 0 saturated carbocycles. The molecule has 4 aromatic rings. The lowest BCUT2D eigenvalue weighted by atomic mass is 10.0. The summed E-state index contributed by atoms with van der Waals surface area (Å²) >= 11 is 0. The maximum absolute atomic E-state index is 12.8. The number of fused-ring (bicyclic) bond motifs is 1. The Hall–Kier alpha value is -5.24. The number of nitrogens with zero attached hydrogens (tertiary/aromatic N) is 4. The van der Waals surface area contributed by atoms with Crippen molar-refractivity contribution >= 4 is 17.5 Å². The van der Waals surface area contributed by atoms with E-state index in [2.05, 4.69) is 25.6 Å². The van der Waals surface area contributed by atoms with Gasteiger partial charge in [0.1, 0.15) is 11.9 Å². The number of rotatable bonds is 7. The summed E-state index contributed by atoms with van der Waals surface area (Å²) in [6.07, 6.45) is 1.51. The minimum Gasteiger partial charge on any atom is -0.493 e. The van der Waals surface area contributed by atoms with E-state index in [1.165, 1.54) is 6.20 Å². The molecule has 39 heavy (non-hydrogen) atoms. The van der Waals surface area contributed by atoms with E-state index in [9.17, 15) is 4.79 Å². The molecule has 14 heteroatoms. The Morgan fingerprint density at radius 3 is 2.67 bits per heavy atom. The van der Waals surface area contributed by atoms with Crippen LogP contribution in [0.2, 0.25) is 0 Å². The van der Waals surface area contributed by atoms with Crippen LogP contribution in [0.4, 0.5) is 5.69 Å². The Morgan fingerprint density at radius 1 is 1.28 bits per heavy atom. The molecule has 1 aliphatic heterocycles. The summed E-state index contributed by atoms with van der Waals surface area (Å²) in [7, 11) is 1.56. The average molecular weight is 535 g/mol. The van der Waals surface area contributed by atoms with Gasteiger partial charge >= 0.3 is 5.69 Å². The van der Waals surface area contributed by atoms with Crippen molar-refractivity contribution < 1.29 is 24.1 Å². The number of nitrogens with two attached hydrogens (primary N) is 1. The Bertz CT molecular complexity index is 1500. The van der Waals surface area contributed by atoms with Gasteiger partial charge in [0.2, 0.25) is 0 Å². The number of H-pyrrole nitrogens is 1. The minimum atomic E-state index is -0.833. The van der Waals surface area contributed by atoms with E-state index in [1.54, 1.807) is 43.5 Å². The number of anilines is 1. The van der Waals surface area contributed by atoms with Crippen molar-refractivity contribution in [2.75, 3.05) is 19.2 Å². The van der Waals surface area contributed by atoms with Crippen molar-refractivity contribution in [1.82, 2.24) is 25.0 Å². The third-order valence-electron chi connectivity index (χ3n) is 5.44. The monoisotopic (exact) mass is 534 g/mol. The molecule has 0 bridgehead atoms. The predicted molar refractivity (Wildman–Crippen MR) is 139 cm³/mol. The standard InChI is InChI=1S/C23H22N8O4.C2H4O2/c1-33-17-10-14(9-15-11-34-12-35-20(15)17)19(27-16-6-4-13(5-7-16)21(24)25)22-28-23(32)31(30-22)18-3-2-8-26-29-18;1-2(3)4/h2-10,19,27H,11-12H2,1H3,(H3,24,25)(H,28,30,32);1H3,(H,3,4)/t19-;/m0./s1. The van der Waals surface area contributed by atoms with E-state index in [0.29, 0.717) is 29.5 Å².